The molecule has 7 nitrogen and oxygen atoms in total. The van der Waals surface area contributed by atoms with Crippen LogP contribution in [0.15, 0.2) is 29.3 Å². The van der Waals surface area contributed by atoms with Gasteiger partial charge in [0.2, 0.25) is 5.91 Å². The largest absolute Gasteiger partial charge is 0.492 e. The van der Waals surface area contributed by atoms with Crippen LogP contribution in [0.25, 0.3) is 0 Å². The smallest absolute Gasteiger partial charge is 0.219 e. The topological polar surface area (TPSA) is 60.4 Å². The van der Waals surface area contributed by atoms with Crippen LogP contribution in [0.1, 0.15) is 12.5 Å². The Bertz CT molecular complexity index is 638. The molecule has 0 aromatic heterocycles. The molecule has 1 aromatic rings. The van der Waals surface area contributed by atoms with Gasteiger partial charge in [-0.3, -0.25) is 14.7 Å². The molecule has 2 aliphatic rings. The predicted octanol–water partition coefficient (Wildman–Crippen LogP) is 0.663. The first-order valence-electron chi connectivity index (χ1n) is 9.81. The standard InChI is InChI=1S/C20H31N5O2/c1-17(26)25-13-11-24(12-14-25)15-16-27-19-5-3-18(4-6-19)7-8-21-20-22-9-10-23(20)2/h3-6H,7-16H2,1-2H3,(H,21,22). The summed E-state index contributed by atoms with van der Waals surface area (Å²) in [6.07, 6.45) is 0.966. The molecular formula is C20H31N5O2. The Morgan fingerprint density at radius 3 is 2.52 bits per heavy atom. The number of benzene rings is 1. The van der Waals surface area contributed by atoms with Gasteiger partial charge in [-0.05, 0) is 24.1 Å². The molecule has 2 heterocycles. The zero-order valence-electron chi connectivity index (χ0n) is 16.5. The molecule has 3 rings (SSSR count). The highest BCUT2D eigenvalue weighted by molar-refractivity contribution is 5.81. The molecule has 27 heavy (non-hydrogen) atoms. The van der Waals surface area contributed by atoms with Crippen molar-refractivity contribution in [2.24, 2.45) is 4.99 Å². The van der Waals surface area contributed by atoms with E-state index < -0.39 is 0 Å². The summed E-state index contributed by atoms with van der Waals surface area (Å²) in [5.74, 6) is 2.08. The molecule has 0 aliphatic carbocycles. The third kappa shape index (κ3) is 5.85. The monoisotopic (exact) mass is 373 g/mol. The molecule has 0 unspecified atom stereocenters. The zero-order valence-corrected chi connectivity index (χ0v) is 16.5. The number of carbonyl (C=O) groups is 1. The van der Waals surface area contributed by atoms with Crippen molar-refractivity contribution in [2.75, 3.05) is 66.0 Å². The van der Waals surface area contributed by atoms with E-state index in [1.165, 1.54) is 5.56 Å². The first-order valence-corrected chi connectivity index (χ1v) is 9.81. The molecule has 1 amide bonds. The van der Waals surface area contributed by atoms with Gasteiger partial charge in [0.1, 0.15) is 12.4 Å². The summed E-state index contributed by atoms with van der Waals surface area (Å²) in [5, 5.41) is 3.39. The van der Waals surface area contributed by atoms with E-state index in [1.807, 2.05) is 17.0 Å². The van der Waals surface area contributed by atoms with E-state index in [2.05, 4.69) is 39.3 Å². The number of ether oxygens (including phenoxy) is 1. The van der Waals surface area contributed by atoms with Gasteiger partial charge in [-0.25, -0.2) is 0 Å². The molecule has 1 aromatic carbocycles. The summed E-state index contributed by atoms with van der Waals surface area (Å²) < 4.78 is 5.87. The Balaban J connectivity index is 1.31. The molecule has 2 aliphatic heterocycles. The molecule has 0 bridgehead atoms. The van der Waals surface area contributed by atoms with Crippen LogP contribution in [0.4, 0.5) is 0 Å². The second kappa shape index (κ2) is 9.60. The van der Waals surface area contributed by atoms with Crippen LogP contribution < -0.4 is 10.1 Å². The lowest BCUT2D eigenvalue weighted by atomic mass is 10.1. The highest BCUT2D eigenvalue weighted by Gasteiger charge is 2.18. The number of hydrogen-bond acceptors (Lipinski definition) is 6. The van der Waals surface area contributed by atoms with Gasteiger partial charge in [-0.1, -0.05) is 12.1 Å². The normalized spacial score (nSPS) is 17.8. The maximum absolute atomic E-state index is 11.3. The van der Waals surface area contributed by atoms with Gasteiger partial charge < -0.3 is 19.9 Å². The fraction of sp³-hybridized carbons (Fsp3) is 0.600. The molecular weight excluding hydrogens is 342 g/mol. The average Bonchev–Trinajstić information content (AvgIpc) is 3.08. The minimum atomic E-state index is 0.171. The number of piperazine rings is 1. The van der Waals surface area contributed by atoms with Gasteiger partial charge >= 0.3 is 0 Å². The van der Waals surface area contributed by atoms with Crippen molar-refractivity contribution in [1.82, 2.24) is 20.0 Å². The van der Waals surface area contributed by atoms with E-state index in [-0.39, 0.29) is 5.91 Å². The van der Waals surface area contributed by atoms with Gasteiger partial charge in [0.25, 0.3) is 0 Å². The third-order valence-electron chi connectivity index (χ3n) is 5.17. The van der Waals surface area contributed by atoms with Gasteiger partial charge in [-0.15, -0.1) is 0 Å². The van der Waals surface area contributed by atoms with Gasteiger partial charge in [0, 0.05) is 59.8 Å². The predicted molar refractivity (Wildman–Crippen MR) is 107 cm³/mol. The average molecular weight is 374 g/mol. The number of guanidine groups is 1. The maximum Gasteiger partial charge on any atom is 0.219 e. The second-order valence-corrected chi connectivity index (χ2v) is 7.14. The van der Waals surface area contributed by atoms with Crippen molar-refractivity contribution in [3.63, 3.8) is 0 Å². The van der Waals surface area contributed by atoms with Gasteiger partial charge in [0.05, 0.1) is 6.54 Å². The number of aliphatic imine (C=N–C) groups is 1. The molecule has 1 N–H and O–H groups in total. The maximum atomic E-state index is 11.3. The van der Waals surface area contributed by atoms with Crippen LogP contribution in [0.2, 0.25) is 0 Å². The Morgan fingerprint density at radius 2 is 1.89 bits per heavy atom. The van der Waals surface area contributed by atoms with Crippen molar-refractivity contribution < 1.29 is 9.53 Å². The number of hydrogen-bond donors (Lipinski definition) is 1. The number of rotatable bonds is 7. The molecule has 0 radical (unpaired) electrons. The van der Waals surface area contributed by atoms with Crippen molar-refractivity contribution >= 4 is 11.9 Å². The number of carbonyl (C=O) groups excluding carboxylic acids is 1. The molecule has 0 atom stereocenters. The lowest BCUT2D eigenvalue weighted by Gasteiger charge is -2.34. The Hall–Kier alpha value is -2.28. The van der Waals surface area contributed by atoms with Crippen LogP contribution >= 0.6 is 0 Å². The number of amides is 1. The van der Waals surface area contributed by atoms with Crippen molar-refractivity contribution in [1.29, 1.82) is 0 Å². The quantitative estimate of drug-likeness (QED) is 0.761. The molecule has 0 saturated carbocycles. The summed E-state index contributed by atoms with van der Waals surface area (Å²) in [6, 6.07) is 8.34. The van der Waals surface area contributed by atoms with Crippen molar-refractivity contribution in [3.05, 3.63) is 29.8 Å². The van der Waals surface area contributed by atoms with Crippen LogP contribution in [0.5, 0.6) is 5.75 Å². The van der Waals surface area contributed by atoms with Crippen LogP contribution in [0.3, 0.4) is 0 Å². The van der Waals surface area contributed by atoms with E-state index in [4.69, 9.17) is 4.74 Å². The minimum Gasteiger partial charge on any atom is -0.492 e. The summed E-state index contributed by atoms with van der Waals surface area (Å²) in [7, 11) is 2.06. The van der Waals surface area contributed by atoms with E-state index in [1.54, 1.807) is 6.92 Å². The van der Waals surface area contributed by atoms with Gasteiger partial charge in [-0.2, -0.15) is 0 Å². The second-order valence-electron chi connectivity index (χ2n) is 7.14. The van der Waals surface area contributed by atoms with Gasteiger partial charge in [0.15, 0.2) is 5.96 Å². The molecule has 1 saturated heterocycles. The highest BCUT2D eigenvalue weighted by Crippen LogP contribution is 2.13. The fourth-order valence-electron chi connectivity index (χ4n) is 3.37. The van der Waals surface area contributed by atoms with E-state index in [0.717, 1.165) is 70.5 Å². The number of nitrogens with one attached hydrogen (secondary N) is 1. The Labute approximate surface area is 162 Å². The third-order valence-corrected chi connectivity index (χ3v) is 5.17. The Kier molecular flexibility index (Phi) is 6.92. The van der Waals surface area contributed by atoms with Crippen LogP contribution in [0, 0.1) is 0 Å². The fourth-order valence-corrected chi connectivity index (χ4v) is 3.37. The van der Waals surface area contributed by atoms with Crippen LogP contribution in [-0.2, 0) is 11.2 Å². The van der Waals surface area contributed by atoms with E-state index in [0.29, 0.717) is 6.61 Å². The summed E-state index contributed by atoms with van der Waals surface area (Å²) in [6.45, 7) is 9.47. The van der Waals surface area contributed by atoms with Crippen LogP contribution in [-0.4, -0.2) is 92.6 Å². The zero-order chi connectivity index (χ0) is 19.1. The summed E-state index contributed by atoms with van der Waals surface area (Å²) >= 11 is 0. The molecule has 1 fully saturated rings. The SMILES string of the molecule is CC(=O)N1CCN(CCOc2ccc(CCNC3=NCCN3C)cc2)CC1. The molecule has 148 valence electrons. The minimum absolute atomic E-state index is 0.171. The van der Waals surface area contributed by atoms with Crippen molar-refractivity contribution in [2.45, 2.75) is 13.3 Å². The van der Waals surface area contributed by atoms with Crippen molar-refractivity contribution in [3.8, 4) is 5.75 Å². The first kappa shape index (κ1) is 19.5. The lowest BCUT2D eigenvalue weighted by molar-refractivity contribution is -0.130. The molecule has 0 spiro atoms. The Morgan fingerprint density at radius 1 is 1.15 bits per heavy atom. The number of nitrogens with zero attached hydrogens (tertiary/aromatic N) is 4. The summed E-state index contributed by atoms with van der Waals surface area (Å²) in [4.78, 5) is 22.2. The van der Waals surface area contributed by atoms with E-state index >= 15 is 0 Å². The highest BCUT2D eigenvalue weighted by atomic mass is 16.5. The van der Waals surface area contributed by atoms with E-state index in [9.17, 15) is 4.79 Å². The summed E-state index contributed by atoms with van der Waals surface area (Å²) in [5.41, 5.74) is 1.29. The lowest BCUT2D eigenvalue weighted by Crippen LogP contribution is -2.48. The number of likely N-dealkylation sites (N-methyl/N-ethyl adjacent to an activating group) is 1. The first-order chi connectivity index (χ1) is 13.1. The molecule has 7 heteroatoms.